The lowest BCUT2D eigenvalue weighted by molar-refractivity contribution is 0.0684. The fourth-order valence-corrected chi connectivity index (χ4v) is 4.52. The molecule has 8 heteroatoms. The van der Waals surface area contributed by atoms with Crippen molar-refractivity contribution in [3.05, 3.63) is 90.7 Å². The van der Waals surface area contributed by atoms with Crippen LogP contribution in [-0.4, -0.2) is 38.2 Å². The third-order valence-electron chi connectivity index (χ3n) is 6.57. The van der Waals surface area contributed by atoms with E-state index in [0.717, 1.165) is 58.0 Å². The number of carbonyl (C=O) groups excluding carboxylic acids is 1. The van der Waals surface area contributed by atoms with Crippen molar-refractivity contribution in [2.45, 2.75) is 58.5 Å². The first-order valence-electron chi connectivity index (χ1n) is 11.6. The number of aromatic nitrogens is 3. The van der Waals surface area contributed by atoms with Gasteiger partial charge in [0.15, 0.2) is 0 Å². The van der Waals surface area contributed by atoms with Crippen LogP contribution in [0.1, 0.15) is 59.3 Å². The molecule has 1 fully saturated rings. The summed E-state index contributed by atoms with van der Waals surface area (Å²) in [6, 6.07) is 12.7. The zero-order valence-corrected chi connectivity index (χ0v) is 20.5. The summed E-state index contributed by atoms with van der Waals surface area (Å²) in [5.74, 6) is -0.471. The molecule has 1 amide bonds. The molecular weight excluding hydrogens is 452 g/mol. The van der Waals surface area contributed by atoms with Gasteiger partial charge in [0, 0.05) is 18.1 Å². The zero-order valence-electron chi connectivity index (χ0n) is 19.8. The fraction of sp³-hybridized carbons (Fsp3) is 0.385. The number of aryl methyl sites for hydroxylation is 2. The van der Waals surface area contributed by atoms with Crippen LogP contribution in [-0.2, 0) is 6.54 Å². The van der Waals surface area contributed by atoms with Gasteiger partial charge in [0.1, 0.15) is 0 Å². The lowest BCUT2D eigenvalue weighted by Crippen LogP contribution is -2.48. The predicted molar refractivity (Wildman–Crippen MR) is 133 cm³/mol. The maximum atomic E-state index is 13.4. The van der Waals surface area contributed by atoms with Gasteiger partial charge in [-0.3, -0.25) is 14.2 Å². The molecule has 2 aromatic carbocycles. The average Bonchev–Trinajstić information content (AvgIpc) is 2.84. The Hall–Kier alpha value is -3.19. The second-order valence-corrected chi connectivity index (χ2v) is 9.47. The minimum absolute atomic E-state index is 0.0352. The van der Waals surface area contributed by atoms with Crippen LogP contribution in [0, 0.1) is 13.8 Å². The van der Waals surface area contributed by atoms with E-state index in [1.807, 2.05) is 38.1 Å². The summed E-state index contributed by atoms with van der Waals surface area (Å²) in [4.78, 5) is 41.9. The largest absolute Gasteiger partial charge is 0.352 e. The third kappa shape index (κ3) is 4.85. The molecule has 1 aliphatic rings. The Kier molecular flexibility index (Phi) is 7.03. The molecule has 0 atom stereocenters. The van der Waals surface area contributed by atoms with Crippen LogP contribution in [0.15, 0.2) is 52.1 Å². The molecule has 1 aliphatic carbocycles. The number of benzene rings is 2. The first kappa shape index (κ1) is 24.0. The minimum atomic E-state index is -0.687. The lowest BCUT2D eigenvalue weighted by atomic mass is 9.94. The fourth-order valence-electron chi connectivity index (χ4n) is 4.35. The number of rotatable bonds is 5. The number of halogens is 1. The Bertz CT molecular complexity index is 1320. The molecule has 178 valence electrons. The number of nitrogens with zero attached hydrogens (tertiary/aromatic N) is 4. The maximum absolute atomic E-state index is 13.4. The number of hydrogen-bond acceptors (Lipinski definition) is 4. The molecular formula is C26H29ClN4O3. The van der Waals surface area contributed by atoms with Crippen LogP contribution >= 0.6 is 11.6 Å². The molecule has 3 aromatic rings. The van der Waals surface area contributed by atoms with Crippen molar-refractivity contribution in [3.63, 3.8) is 0 Å². The Balaban J connectivity index is 1.85. The van der Waals surface area contributed by atoms with E-state index in [1.165, 1.54) is 0 Å². The standard InChI is InChI=1S/C26H29ClN4O3/c1-17-9-12-19(13-10-17)16-30-25(33)23(24(32)29(3)20-7-5-4-6-8-20)28-31(26(30)34)21-14-11-18(2)22(27)15-21/h9-15,20H,4-8,16H2,1-3H3. The van der Waals surface area contributed by atoms with Crippen LogP contribution in [0.2, 0.25) is 5.02 Å². The van der Waals surface area contributed by atoms with Gasteiger partial charge in [0.25, 0.3) is 11.5 Å². The number of hydrogen-bond donors (Lipinski definition) is 0. The SMILES string of the molecule is Cc1ccc(Cn2c(=O)c(C(=O)N(C)C3CCCCC3)nn(-c3ccc(C)c(Cl)c3)c2=O)cc1. The monoisotopic (exact) mass is 480 g/mol. The first-order valence-corrected chi connectivity index (χ1v) is 12.0. The molecule has 0 radical (unpaired) electrons. The Morgan fingerprint density at radius 2 is 1.74 bits per heavy atom. The van der Waals surface area contributed by atoms with Crippen molar-refractivity contribution in [2.24, 2.45) is 0 Å². The molecule has 0 spiro atoms. The smallest absolute Gasteiger partial charge is 0.337 e. The van der Waals surface area contributed by atoms with Gasteiger partial charge in [-0.05, 0) is 49.9 Å². The molecule has 4 rings (SSSR count). The van der Waals surface area contributed by atoms with Gasteiger partial charge in [-0.15, -0.1) is 0 Å². The average molecular weight is 481 g/mol. The maximum Gasteiger partial charge on any atom is 0.352 e. The Morgan fingerprint density at radius 1 is 1.06 bits per heavy atom. The highest BCUT2D eigenvalue weighted by molar-refractivity contribution is 6.31. The van der Waals surface area contributed by atoms with Gasteiger partial charge < -0.3 is 4.90 Å². The Labute approximate surface area is 203 Å². The van der Waals surface area contributed by atoms with Crippen molar-refractivity contribution in [2.75, 3.05) is 7.05 Å². The number of carbonyl (C=O) groups is 1. The molecule has 0 saturated heterocycles. The second-order valence-electron chi connectivity index (χ2n) is 9.06. The predicted octanol–water partition coefficient (Wildman–Crippen LogP) is 4.12. The highest BCUT2D eigenvalue weighted by Gasteiger charge is 2.28. The van der Waals surface area contributed by atoms with Crippen LogP contribution in [0.3, 0.4) is 0 Å². The van der Waals surface area contributed by atoms with E-state index in [1.54, 1.807) is 30.1 Å². The molecule has 0 N–H and O–H groups in total. The van der Waals surface area contributed by atoms with E-state index in [4.69, 9.17) is 11.6 Å². The van der Waals surface area contributed by atoms with Crippen LogP contribution in [0.25, 0.3) is 5.69 Å². The summed E-state index contributed by atoms with van der Waals surface area (Å²) in [6.45, 7) is 3.86. The van der Waals surface area contributed by atoms with Gasteiger partial charge in [-0.2, -0.15) is 9.78 Å². The van der Waals surface area contributed by atoms with Crippen LogP contribution in [0.4, 0.5) is 0 Å². The molecule has 7 nitrogen and oxygen atoms in total. The molecule has 1 heterocycles. The van der Waals surface area contributed by atoms with Crippen molar-refractivity contribution < 1.29 is 4.79 Å². The summed E-state index contributed by atoms with van der Waals surface area (Å²) >= 11 is 6.30. The van der Waals surface area contributed by atoms with Crippen LogP contribution in [0.5, 0.6) is 0 Å². The Morgan fingerprint density at radius 3 is 2.38 bits per heavy atom. The van der Waals surface area contributed by atoms with Gasteiger partial charge in [0.05, 0.1) is 12.2 Å². The summed E-state index contributed by atoms with van der Waals surface area (Å²) in [6.07, 6.45) is 5.04. The van der Waals surface area contributed by atoms with E-state index in [-0.39, 0.29) is 18.3 Å². The zero-order chi connectivity index (χ0) is 24.4. The molecule has 34 heavy (non-hydrogen) atoms. The lowest BCUT2D eigenvalue weighted by Gasteiger charge is -2.30. The van der Waals surface area contributed by atoms with Crippen molar-refractivity contribution in [3.8, 4) is 5.69 Å². The molecule has 0 unspecified atom stereocenters. The normalized spacial score (nSPS) is 14.2. The molecule has 1 saturated carbocycles. The van der Waals surface area contributed by atoms with Gasteiger partial charge >= 0.3 is 5.69 Å². The molecule has 1 aromatic heterocycles. The molecule has 0 aliphatic heterocycles. The van der Waals surface area contributed by atoms with Gasteiger partial charge in [-0.1, -0.05) is 66.8 Å². The highest BCUT2D eigenvalue weighted by Crippen LogP contribution is 2.22. The van der Waals surface area contributed by atoms with Crippen molar-refractivity contribution >= 4 is 17.5 Å². The van der Waals surface area contributed by atoms with Gasteiger partial charge in [-0.25, -0.2) is 4.79 Å². The summed E-state index contributed by atoms with van der Waals surface area (Å²) in [7, 11) is 1.71. The molecule has 0 bridgehead atoms. The van der Waals surface area contributed by atoms with Crippen LogP contribution < -0.4 is 11.2 Å². The van der Waals surface area contributed by atoms with Crippen molar-refractivity contribution in [1.29, 1.82) is 0 Å². The van der Waals surface area contributed by atoms with E-state index < -0.39 is 17.2 Å². The topological polar surface area (TPSA) is 77.2 Å². The first-order chi connectivity index (χ1) is 16.3. The van der Waals surface area contributed by atoms with E-state index >= 15 is 0 Å². The van der Waals surface area contributed by atoms with Crippen molar-refractivity contribution in [1.82, 2.24) is 19.2 Å². The highest BCUT2D eigenvalue weighted by atomic mass is 35.5. The summed E-state index contributed by atoms with van der Waals surface area (Å²) in [5.41, 5.74) is 1.52. The van der Waals surface area contributed by atoms with E-state index in [0.29, 0.717) is 10.7 Å². The third-order valence-corrected chi connectivity index (χ3v) is 6.97. The summed E-state index contributed by atoms with van der Waals surface area (Å²) in [5, 5.41) is 4.73. The number of amides is 1. The summed E-state index contributed by atoms with van der Waals surface area (Å²) < 4.78 is 2.18. The van der Waals surface area contributed by atoms with E-state index in [2.05, 4.69) is 5.10 Å². The quantitative estimate of drug-likeness (QED) is 0.550. The van der Waals surface area contributed by atoms with E-state index in [9.17, 15) is 14.4 Å². The van der Waals surface area contributed by atoms with Gasteiger partial charge in [0.2, 0.25) is 5.69 Å². The second kappa shape index (κ2) is 9.97. The minimum Gasteiger partial charge on any atom is -0.337 e.